The molecule has 3 rings (SSSR count). The highest BCUT2D eigenvalue weighted by atomic mass is 16.5. The molecular formula is C18H19NO2. The number of esters is 1. The molecule has 1 unspecified atom stereocenters. The van der Waals surface area contributed by atoms with E-state index in [-0.39, 0.29) is 5.97 Å². The van der Waals surface area contributed by atoms with Crippen LogP contribution in [0.15, 0.2) is 48.5 Å². The lowest BCUT2D eigenvalue weighted by atomic mass is 9.77. The lowest BCUT2D eigenvalue weighted by Gasteiger charge is -2.30. The van der Waals surface area contributed by atoms with Crippen molar-refractivity contribution >= 4 is 5.97 Å². The third-order valence-electron chi connectivity index (χ3n) is 4.09. The van der Waals surface area contributed by atoms with Gasteiger partial charge in [0, 0.05) is 19.0 Å². The summed E-state index contributed by atoms with van der Waals surface area (Å²) < 4.78 is 4.82. The molecule has 0 bridgehead atoms. The fraction of sp³-hybridized carbons (Fsp3) is 0.278. The summed E-state index contributed by atoms with van der Waals surface area (Å²) in [6.45, 7) is 1.62. The second kappa shape index (κ2) is 6.10. The first kappa shape index (κ1) is 13.8. The van der Waals surface area contributed by atoms with Crippen LogP contribution in [0.4, 0.5) is 0 Å². The molecule has 0 saturated heterocycles. The van der Waals surface area contributed by atoms with E-state index in [1.165, 1.54) is 18.2 Å². The zero-order valence-electron chi connectivity index (χ0n) is 12.1. The molecule has 3 heteroatoms. The maximum atomic E-state index is 11.7. The van der Waals surface area contributed by atoms with Crippen LogP contribution in [0.1, 0.15) is 33.0 Å². The van der Waals surface area contributed by atoms with E-state index in [4.69, 9.17) is 4.74 Å². The molecule has 0 amide bonds. The molecule has 0 fully saturated rings. The van der Waals surface area contributed by atoms with Crippen molar-refractivity contribution < 1.29 is 9.53 Å². The lowest BCUT2D eigenvalue weighted by Crippen LogP contribution is -2.29. The number of fused-ring (bicyclic) bond motifs is 1. The minimum Gasteiger partial charge on any atom is -0.465 e. The molecule has 1 atom stereocenters. The average Bonchev–Trinajstić information content (AvgIpc) is 2.51. The smallest absolute Gasteiger partial charge is 0.338 e. The summed E-state index contributed by atoms with van der Waals surface area (Å²) >= 11 is 0. The van der Waals surface area contributed by atoms with Crippen molar-refractivity contribution in [1.82, 2.24) is 5.32 Å². The molecule has 1 N–H and O–H groups in total. The maximum absolute atomic E-state index is 11.7. The van der Waals surface area contributed by atoms with Crippen LogP contribution in [0.25, 0.3) is 0 Å². The van der Waals surface area contributed by atoms with Crippen LogP contribution in [-0.2, 0) is 17.7 Å². The van der Waals surface area contributed by atoms with Gasteiger partial charge in [0.1, 0.15) is 0 Å². The predicted octanol–water partition coefficient (Wildman–Crippen LogP) is 2.90. The summed E-state index contributed by atoms with van der Waals surface area (Å²) in [6.07, 6.45) is 1.14. The highest BCUT2D eigenvalue weighted by molar-refractivity contribution is 5.90. The number of hydrogen-bond acceptors (Lipinski definition) is 3. The van der Waals surface area contributed by atoms with Crippen molar-refractivity contribution in [3.05, 3.63) is 70.8 Å². The SMILES string of the molecule is COC(=O)c1ccccc1CNCC1Cc2ccccc21. The Morgan fingerprint density at radius 3 is 2.76 bits per heavy atom. The van der Waals surface area contributed by atoms with Crippen molar-refractivity contribution in [2.24, 2.45) is 0 Å². The molecule has 2 aromatic rings. The highest BCUT2D eigenvalue weighted by Crippen LogP contribution is 2.34. The second-order valence-corrected chi connectivity index (χ2v) is 5.38. The van der Waals surface area contributed by atoms with E-state index in [2.05, 4.69) is 29.6 Å². The first-order chi connectivity index (χ1) is 10.3. The number of rotatable bonds is 5. The third kappa shape index (κ3) is 2.83. The number of methoxy groups -OCH3 is 1. The molecular weight excluding hydrogens is 262 g/mol. The van der Waals surface area contributed by atoms with E-state index in [1.807, 2.05) is 24.3 Å². The van der Waals surface area contributed by atoms with Crippen molar-refractivity contribution in [2.45, 2.75) is 18.9 Å². The van der Waals surface area contributed by atoms with Gasteiger partial charge in [-0.1, -0.05) is 42.5 Å². The van der Waals surface area contributed by atoms with Gasteiger partial charge >= 0.3 is 5.97 Å². The number of hydrogen-bond donors (Lipinski definition) is 1. The van der Waals surface area contributed by atoms with Gasteiger partial charge < -0.3 is 10.1 Å². The lowest BCUT2D eigenvalue weighted by molar-refractivity contribution is 0.0599. The van der Waals surface area contributed by atoms with Crippen LogP contribution >= 0.6 is 0 Å². The molecule has 2 aromatic carbocycles. The number of ether oxygens (including phenoxy) is 1. The van der Waals surface area contributed by atoms with Gasteiger partial charge in [0.05, 0.1) is 12.7 Å². The Hall–Kier alpha value is -2.13. The zero-order valence-corrected chi connectivity index (χ0v) is 12.1. The number of benzene rings is 2. The Balaban J connectivity index is 1.59. The Labute approximate surface area is 124 Å². The average molecular weight is 281 g/mol. The van der Waals surface area contributed by atoms with E-state index < -0.39 is 0 Å². The molecule has 3 nitrogen and oxygen atoms in total. The van der Waals surface area contributed by atoms with E-state index in [1.54, 1.807) is 0 Å². The number of nitrogens with one attached hydrogen (secondary N) is 1. The van der Waals surface area contributed by atoms with Gasteiger partial charge in [-0.2, -0.15) is 0 Å². The van der Waals surface area contributed by atoms with Crippen molar-refractivity contribution in [3.63, 3.8) is 0 Å². The standard InChI is InChI=1S/C18H19NO2/c1-21-18(20)17-9-5-3-7-14(17)11-19-12-15-10-13-6-2-4-8-16(13)15/h2-9,15,19H,10-12H2,1H3. The van der Waals surface area contributed by atoms with Gasteiger partial charge in [-0.15, -0.1) is 0 Å². The van der Waals surface area contributed by atoms with Crippen LogP contribution in [-0.4, -0.2) is 19.6 Å². The third-order valence-corrected chi connectivity index (χ3v) is 4.09. The van der Waals surface area contributed by atoms with Crippen LogP contribution in [0.2, 0.25) is 0 Å². The van der Waals surface area contributed by atoms with Crippen molar-refractivity contribution in [1.29, 1.82) is 0 Å². The fourth-order valence-electron chi connectivity index (χ4n) is 2.91. The molecule has 0 radical (unpaired) electrons. The quantitative estimate of drug-likeness (QED) is 0.856. The molecule has 21 heavy (non-hydrogen) atoms. The Morgan fingerprint density at radius 2 is 1.95 bits per heavy atom. The molecule has 0 spiro atoms. The molecule has 1 aliphatic carbocycles. The second-order valence-electron chi connectivity index (χ2n) is 5.38. The molecule has 0 aromatic heterocycles. The zero-order chi connectivity index (χ0) is 14.7. The maximum Gasteiger partial charge on any atom is 0.338 e. The van der Waals surface area contributed by atoms with Gasteiger partial charge in [-0.05, 0) is 29.2 Å². The monoisotopic (exact) mass is 281 g/mol. The van der Waals surface area contributed by atoms with E-state index in [0.29, 0.717) is 18.0 Å². The summed E-state index contributed by atoms with van der Waals surface area (Å²) in [7, 11) is 1.41. The summed E-state index contributed by atoms with van der Waals surface area (Å²) in [5.41, 5.74) is 4.53. The summed E-state index contributed by atoms with van der Waals surface area (Å²) in [5, 5.41) is 3.46. The highest BCUT2D eigenvalue weighted by Gasteiger charge is 2.24. The van der Waals surface area contributed by atoms with Gasteiger partial charge in [0.25, 0.3) is 0 Å². The first-order valence-electron chi connectivity index (χ1n) is 7.24. The first-order valence-corrected chi connectivity index (χ1v) is 7.24. The van der Waals surface area contributed by atoms with Crippen LogP contribution in [0, 0.1) is 0 Å². The van der Waals surface area contributed by atoms with Gasteiger partial charge in [0.2, 0.25) is 0 Å². The Bertz CT molecular complexity index is 651. The molecule has 108 valence electrons. The fourth-order valence-corrected chi connectivity index (χ4v) is 2.91. The Morgan fingerprint density at radius 1 is 1.19 bits per heavy atom. The Kier molecular flexibility index (Phi) is 4.02. The largest absolute Gasteiger partial charge is 0.465 e. The topological polar surface area (TPSA) is 38.3 Å². The van der Waals surface area contributed by atoms with Crippen LogP contribution in [0.3, 0.4) is 0 Å². The molecule has 1 aliphatic rings. The minimum absolute atomic E-state index is 0.276. The molecule has 0 saturated carbocycles. The van der Waals surface area contributed by atoms with Crippen LogP contribution < -0.4 is 5.32 Å². The van der Waals surface area contributed by atoms with Gasteiger partial charge in [-0.3, -0.25) is 0 Å². The van der Waals surface area contributed by atoms with Crippen LogP contribution in [0.5, 0.6) is 0 Å². The van der Waals surface area contributed by atoms with E-state index in [0.717, 1.165) is 18.5 Å². The summed E-state index contributed by atoms with van der Waals surface area (Å²) in [6, 6.07) is 16.2. The minimum atomic E-state index is -0.276. The van der Waals surface area contributed by atoms with Crippen molar-refractivity contribution in [3.8, 4) is 0 Å². The molecule has 0 aliphatic heterocycles. The predicted molar refractivity (Wildman–Crippen MR) is 82.4 cm³/mol. The van der Waals surface area contributed by atoms with Gasteiger partial charge in [0.15, 0.2) is 0 Å². The number of carbonyl (C=O) groups is 1. The summed E-state index contributed by atoms with van der Waals surface area (Å²) in [5.74, 6) is 0.313. The normalized spacial score (nSPS) is 16.0. The van der Waals surface area contributed by atoms with Gasteiger partial charge in [-0.25, -0.2) is 4.79 Å². The van der Waals surface area contributed by atoms with E-state index >= 15 is 0 Å². The molecule has 0 heterocycles. The number of carbonyl (C=O) groups excluding carboxylic acids is 1. The van der Waals surface area contributed by atoms with E-state index in [9.17, 15) is 4.79 Å². The summed E-state index contributed by atoms with van der Waals surface area (Å²) in [4.78, 5) is 11.7. The van der Waals surface area contributed by atoms with Crippen molar-refractivity contribution in [2.75, 3.05) is 13.7 Å².